The van der Waals surface area contributed by atoms with Gasteiger partial charge in [0.05, 0.1) is 25.8 Å². The molecule has 1 fully saturated rings. The number of para-hydroxylation sites is 1. The third kappa shape index (κ3) is 3.60. The van der Waals surface area contributed by atoms with Crippen LogP contribution in [0.15, 0.2) is 72.4 Å². The number of aliphatic hydroxyl groups excluding tert-OH is 1. The number of aliphatic hydroxyl groups is 1. The third-order valence-corrected chi connectivity index (χ3v) is 6.92. The number of hydrogen-bond donors (Lipinski definition) is 2. The molecule has 1 aliphatic heterocycles. The zero-order valence-electron chi connectivity index (χ0n) is 19.8. The Balaban J connectivity index is 1.80. The van der Waals surface area contributed by atoms with E-state index in [4.69, 9.17) is 21.1 Å². The van der Waals surface area contributed by atoms with Gasteiger partial charge in [-0.3, -0.25) is 14.5 Å². The maximum atomic E-state index is 13.5. The van der Waals surface area contributed by atoms with Crippen LogP contribution in [0.4, 0.5) is 5.69 Å². The van der Waals surface area contributed by atoms with E-state index >= 15 is 0 Å². The monoisotopic (exact) mass is 502 g/mol. The van der Waals surface area contributed by atoms with Gasteiger partial charge in [-0.05, 0) is 48.4 Å². The average Bonchev–Trinajstić information content (AvgIpc) is 3.44. The number of ketones is 1. The first kappa shape index (κ1) is 23.5. The quantitative estimate of drug-likeness (QED) is 0.205. The van der Waals surface area contributed by atoms with Gasteiger partial charge in [0.25, 0.3) is 11.7 Å². The maximum Gasteiger partial charge on any atom is 0.300 e. The largest absolute Gasteiger partial charge is 0.507 e. The highest BCUT2D eigenvalue weighted by Gasteiger charge is 2.47. The van der Waals surface area contributed by atoms with E-state index in [9.17, 15) is 14.7 Å². The molecular formula is C28H23ClN2O5. The highest BCUT2D eigenvalue weighted by molar-refractivity contribution is 6.52. The number of aromatic amines is 1. The van der Waals surface area contributed by atoms with Gasteiger partial charge in [-0.25, -0.2) is 0 Å². The number of benzene rings is 3. The molecule has 1 amide bonds. The number of hydrogen-bond acceptors (Lipinski definition) is 5. The summed E-state index contributed by atoms with van der Waals surface area (Å²) in [5.74, 6) is -0.907. The minimum atomic E-state index is -0.935. The van der Waals surface area contributed by atoms with E-state index in [0.717, 1.165) is 10.9 Å². The molecule has 5 rings (SSSR count). The lowest BCUT2D eigenvalue weighted by Crippen LogP contribution is -2.30. The van der Waals surface area contributed by atoms with Crippen LogP contribution in [0.2, 0.25) is 5.02 Å². The lowest BCUT2D eigenvalue weighted by atomic mass is 9.94. The van der Waals surface area contributed by atoms with Crippen LogP contribution in [-0.2, 0) is 9.59 Å². The van der Waals surface area contributed by atoms with Crippen LogP contribution in [0.5, 0.6) is 11.5 Å². The zero-order valence-corrected chi connectivity index (χ0v) is 20.6. The molecule has 0 saturated carbocycles. The number of nitrogens with one attached hydrogen (secondary N) is 1. The second-order valence-corrected chi connectivity index (χ2v) is 8.82. The summed E-state index contributed by atoms with van der Waals surface area (Å²) in [6.45, 7) is 1.78. The second-order valence-electron chi connectivity index (χ2n) is 8.42. The van der Waals surface area contributed by atoms with Gasteiger partial charge >= 0.3 is 0 Å². The molecule has 8 heteroatoms. The summed E-state index contributed by atoms with van der Waals surface area (Å²) >= 11 is 6.38. The molecule has 1 unspecified atom stereocenters. The predicted molar refractivity (Wildman–Crippen MR) is 139 cm³/mol. The minimum absolute atomic E-state index is 0.0312. The van der Waals surface area contributed by atoms with E-state index in [1.807, 2.05) is 24.3 Å². The van der Waals surface area contributed by atoms with Gasteiger partial charge < -0.3 is 19.6 Å². The Hall–Kier alpha value is -4.23. The average molecular weight is 503 g/mol. The van der Waals surface area contributed by atoms with Gasteiger partial charge in [-0.15, -0.1) is 0 Å². The van der Waals surface area contributed by atoms with Crippen LogP contribution in [0.25, 0.3) is 16.7 Å². The number of carbonyl (C=O) groups excluding carboxylic acids is 2. The van der Waals surface area contributed by atoms with Crippen molar-refractivity contribution in [1.82, 2.24) is 4.98 Å². The number of ether oxygens (including phenoxy) is 2. The molecule has 1 atom stereocenters. The Morgan fingerprint density at radius 1 is 1.00 bits per heavy atom. The summed E-state index contributed by atoms with van der Waals surface area (Å²) in [4.78, 5) is 31.5. The summed E-state index contributed by atoms with van der Waals surface area (Å²) in [7, 11) is 3.03. The Labute approximate surface area is 212 Å². The first-order valence-corrected chi connectivity index (χ1v) is 11.6. The van der Waals surface area contributed by atoms with E-state index in [0.29, 0.717) is 38.9 Å². The van der Waals surface area contributed by atoms with Crippen LogP contribution < -0.4 is 14.4 Å². The summed E-state index contributed by atoms with van der Waals surface area (Å²) in [5, 5.41) is 12.7. The van der Waals surface area contributed by atoms with Gasteiger partial charge in [0.1, 0.15) is 5.76 Å². The van der Waals surface area contributed by atoms with Gasteiger partial charge in [0.15, 0.2) is 11.5 Å². The van der Waals surface area contributed by atoms with E-state index < -0.39 is 17.7 Å². The van der Waals surface area contributed by atoms with Crippen molar-refractivity contribution in [3.8, 4) is 11.5 Å². The molecule has 3 aromatic carbocycles. The molecule has 182 valence electrons. The molecule has 36 heavy (non-hydrogen) atoms. The summed E-state index contributed by atoms with van der Waals surface area (Å²) in [5.41, 5.74) is 2.86. The summed E-state index contributed by atoms with van der Waals surface area (Å²) in [6.07, 6.45) is 1.63. The third-order valence-electron chi connectivity index (χ3n) is 6.51. The summed E-state index contributed by atoms with van der Waals surface area (Å²) < 4.78 is 10.8. The van der Waals surface area contributed by atoms with Crippen molar-refractivity contribution >= 4 is 45.6 Å². The SMILES string of the molecule is COc1ccc(C2/C(=C(/O)c3c[nH]c4ccccc34)C(=O)C(=O)N2c2cccc(Cl)c2C)cc1OC. The number of H-pyrrole nitrogens is 1. The first-order valence-electron chi connectivity index (χ1n) is 11.2. The normalized spacial score (nSPS) is 17.1. The van der Waals surface area contributed by atoms with E-state index in [1.165, 1.54) is 19.1 Å². The van der Waals surface area contributed by atoms with Crippen molar-refractivity contribution in [3.05, 3.63) is 94.1 Å². The molecule has 2 N–H and O–H groups in total. The van der Waals surface area contributed by atoms with E-state index in [-0.39, 0.29) is 11.3 Å². The topological polar surface area (TPSA) is 91.9 Å². The molecule has 1 aliphatic rings. The highest BCUT2D eigenvalue weighted by Crippen LogP contribution is 2.46. The van der Waals surface area contributed by atoms with E-state index in [2.05, 4.69) is 4.98 Å². The van der Waals surface area contributed by atoms with E-state index in [1.54, 1.807) is 49.5 Å². The van der Waals surface area contributed by atoms with Crippen molar-refractivity contribution in [2.45, 2.75) is 13.0 Å². The number of methoxy groups -OCH3 is 2. The highest BCUT2D eigenvalue weighted by atomic mass is 35.5. The van der Waals surface area contributed by atoms with Gasteiger partial charge in [-0.2, -0.15) is 0 Å². The van der Waals surface area contributed by atoms with Gasteiger partial charge in [0.2, 0.25) is 0 Å². The van der Waals surface area contributed by atoms with Gasteiger partial charge in [-0.1, -0.05) is 41.9 Å². The molecular weight excluding hydrogens is 480 g/mol. The van der Waals surface area contributed by atoms with Gasteiger partial charge in [0, 0.05) is 33.4 Å². The minimum Gasteiger partial charge on any atom is -0.507 e. The van der Waals surface area contributed by atoms with Crippen LogP contribution in [0.1, 0.15) is 22.7 Å². The Morgan fingerprint density at radius 3 is 2.50 bits per heavy atom. The Kier molecular flexibility index (Phi) is 5.94. The Morgan fingerprint density at radius 2 is 1.75 bits per heavy atom. The van der Waals surface area contributed by atoms with Crippen molar-refractivity contribution in [2.75, 3.05) is 19.1 Å². The smallest absolute Gasteiger partial charge is 0.300 e. The number of aromatic nitrogens is 1. The van der Waals surface area contributed by atoms with Crippen molar-refractivity contribution in [1.29, 1.82) is 0 Å². The van der Waals surface area contributed by atoms with Crippen LogP contribution in [-0.4, -0.2) is 36.0 Å². The number of nitrogens with zero attached hydrogens (tertiary/aromatic N) is 1. The molecule has 0 spiro atoms. The predicted octanol–water partition coefficient (Wildman–Crippen LogP) is 5.77. The van der Waals surface area contributed by atoms with Crippen molar-refractivity contribution in [2.24, 2.45) is 0 Å². The molecule has 0 radical (unpaired) electrons. The number of halogens is 1. The van der Waals surface area contributed by atoms with Crippen LogP contribution in [0.3, 0.4) is 0 Å². The van der Waals surface area contributed by atoms with Crippen LogP contribution in [0, 0.1) is 6.92 Å². The molecule has 1 aromatic heterocycles. The summed E-state index contributed by atoms with van der Waals surface area (Å²) in [6, 6.07) is 16.8. The molecule has 7 nitrogen and oxygen atoms in total. The number of anilines is 1. The maximum absolute atomic E-state index is 13.5. The standard InChI is InChI=1S/C28H23ClN2O5/c1-15-19(29)8-6-10-21(15)31-25(16-11-12-22(35-2)23(13-16)36-3)24(27(33)28(31)34)26(32)18-14-30-20-9-5-4-7-17(18)20/h4-14,25,30,32H,1-3H3/b26-24-. The van der Waals surface area contributed by atoms with Crippen molar-refractivity contribution in [3.63, 3.8) is 0 Å². The fourth-order valence-corrected chi connectivity index (χ4v) is 4.86. The number of carbonyl (C=O) groups is 2. The van der Waals surface area contributed by atoms with Crippen molar-refractivity contribution < 1.29 is 24.2 Å². The fourth-order valence-electron chi connectivity index (χ4n) is 4.69. The first-order chi connectivity index (χ1) is 17.4. The number of amides is 1. The zero-order chi connectivity index (χ0) is 25.6. The lowest BCUT2D eigenvalue weighted by molar-refractivity contribution is -0.132. The number of Topliss-reactive ketones (excluding diaryl/α,β-unsaturated/α-hetero) is 1. The Bertz CT molecular complexity index is 1550. The van der Waals surface area contributed by atoms with Crippen LogP contribution >= 0.6 is 11.6 Å². The second kappa shape index (κ2) is 9.09. The number of fused-ring (bicyclic) bond motifs is 1. The molecule has 0 aliphatic carbocycles. The molecule has 0 bridgehead atoms. The molecule has 4 aromatic rings. The molecule has 2 heterocycles. The number of rotatable bonds is 5. The fraction of sp³-hybridized carbons (Fsp3) is 0.143. The molecule has 1 saturated heterocycles. The lowest BCUT2D eigenvalue weighted by Gasteiger charge is -2.27.